The molecule has 2 rings (SSSR count). The van der Waals surface area contributed by atoms with Gasteiger partial charge in [0.25, 0.3) is 0 Å². The van der Waals surface area contributed by atoms with Crippen molar-refractivity contribution in [2.45, 2.75) is 13.0 Å². The quantitative estimate of drug-likeness (QED) is 0.842. The van der Waals surface area contributed by atoms with Gasteiger partial charge in [0, 0.05) is 31.8 Å². The number of likely N-dealkylation sites (tertiary alicyclic amines) is 1. The molecule has 0 spiro atoms. The number of methoxy groups -OCH3 is 1. The van der Waals surface area contributed by atoms with Gasteiger partial charge in [-0.25, -0.2) is 4.98 Å². The number of carboxylic acids is 1. The lowest BCUT2D eigenvalue weighted by molar-refractivity contribution is -0.141. The summed E-state index contributed by atoms with van der Waals surface area (Å²) in [5.41, 5.74) is 0.876. The molecule has 1 atom stereocenters. The van der Waals surface area contributed by atoms with E-state index < -0.39 is 11.9 Å². The van der Waals surface area contributed by atoms with Crippen LogP contribution in [-0.4, -0.2) is 40.5 Å². The molecule has 6 heteroatoms. The van der Waals surface area contributed by atoms with Crippen molar-refractivity contribution >= 4 is 11.9 Å². The van der Waals surface area contributed by atoms with Crippen LogP contribution in [0.25, 0.3) is 0 Å². The van der Waals surface area contributed by atoms with Crippen LogP contribution in [0.3, 0.4) is 0 Å². The fraction of sp³-hybridized carbons (Fsp3) is 0.417. The summed E-state index contributed by atoms with van der Waals surface area (Å²) in [6.07, 6.45) is 1.68. The molecule has 0 aromatic carbocycles. The van der Waals surface area contributed by atoms with Gasteiger partial charge < -0.3 is 14.7 Å². The highest BCUT2D eigenvalue weighted by atomic mass is 16.5. The SMILES string of the molecule is COc1cc(CN2CC(C(=O)O)CC2=O)ccn1. The van der Waals surface area contributed by atoms with Gasteiger partial charge in [-0.15, -0.1) is 0 Å². The molecule has 1 N–H and O–H groups in total. The van der Waals surface area contributed by atoms with E-state index in [9.17, 15) is 9.59 Å². The molecule has 0 aliphatic carbocycles. The molecule has 2 heterocycles. The smallest absolute Gasteiger partial charge is 0.308 e. The third kappa shape index (κ3) is 2.58. The minimum absolute atomic E-state index is 0.0809. The molecule has 96 valence electrons. The van der Waals surface area contributed by atoms with E-state index in [2.05, 4.69) is 4.98 Å². The lowest BCUT2D eigenvalue weighted by Gasteiger charge is -2.16. The Morgan fingerprint density at radius 2 is 2.44 bits per heavy atom. The van der Waals surface area contributed by atoms with Crippen molar-refractivity contribution < 1.29 is 19.4 Å². The number of carbonyl (C=O) groups is 2. The Bertz CT molecular complexity index is 475. The zero-order valence-corrected chi connectivity index (χ0v) is 10.00. The monoisotopic (exact) mass is 250 g/mol. The zero-order valence-electron chi connectivity index (χ0n) is 10.00. The van der Waals surface area contributed by atoms with Crippen molar-refractivity contribution in [3.8, 4) is 5.88 Å². The van der Waals surface area contributed by atoms with Crippen molar-refractivity contribution in [3.05, 3.63) is 23.9 Å². The number of carboxylic acid groups (broad SMARTS) is 1. The minimum atomic E-state index is -0.918. The van der Waals surface area contributed by atoms with Gasteiger partial charge in [0.2, 0.25) is 11.8 Å². The molecule has 1 aromatic heterocycles. The third-order valence-corrected chi connectivity index (χ3v) is 2.95. The van der Waals surface area contributed by atoms with Crippen LogP contribution in [0.5, 0.6) is 5.88 Å². The van der Waals surface area contributed by atoms with E-state index in [0.717, 1.165) is 5.56 Å². The summed E-state index contributed by atoms with van der Waals surface area (Å²) >= 11 is 0. The topological polar surface area (TPSA) is 79.7 Å². The maximum atomic E-state index is 11.7. The maximum absolute atomic E-state index is 11.7. The number of rotatable bonds is 4. The van der Waals surface area contributed by atoms with Gasteiger partial charge in [0.15, 0.2) is 0 Å². The van der Waals surface area contributed by atoms with Crippen LogP contribution >= 0.6 is 0 Å². The predicted octanol–water partition coefficient (Wildman–Crippen LogP) is 0.523. The lowest BCUT2D eigenvalue weighted by atomic mass is 10.1. The molecule has 1 aliphatic rings. The van der Waals surface area contributed by atoms with E-state index in [0.29, 0.717) is 12.4 Å². The first kappa shape index (κ1) is 12.3. The lowest BCUT2D eigenvalue weighted by Crippen LogP contribution is -2.25. The van der Waals surface area contributed by atoms with Crippen LogP contribution in [0.1, 0.15) is 12.0 Å². The van der Waals surface area contributed by atoms with Crippen LogP contribution in [0, 0.1) is 5.92 Å². The van der Waals surface area contributed by atoms with Crippen LogP contribution < -0.4 is 4.74 Å². The number of pyridine rings is 1. The van der Waals surface area contributed by atoms with Crippen molar-refractivity contribution in [1.82, 2.24) is 9.88 Å². The van der Waals surface area contributed by atoms with Crippen LogP contribution in [0.2, 0.25) is 0 Å². The Morgan fingerprint density at radius 1 is 1.67 bits per heavy atom. The minimum Gasteiger partial charge on any atom is -0.481 e. The predicted molar refractivity (Wildman–Crippen MR) is 61.9 cm³/mol. The third-order valence-electron chi connectivity index (χ3n) is 2.95. The highest BCUT2D eigenvalue weighted by Crippen LogP contribution is 2.21. The zero-order chi connectivity index (χ0) is 13.1. The molecule has 0 radical (unpaired) electrons. The average molecular weight is 250 g/mol. The van der Waals surface area contributed by atoms with Gasteiger partial charge in [-0.3, -0.25) is 9.59 Å². The molecule has 6 nitrogen and oxygen atoms in total. The number of ether oxygens (including phenoxy) is 1. The summed E-state index contributed by atoms with van der Waals surface area (Å²) in [4.78, 5) is 28.0. The molecule has 1 amide bonds. The average Bonchev–Trinajstić information content (AvgIpc) is 2.71. The number of aliphatic carboxylic acids is 1. The first-order valence-electron chi connectivity index (χ1n) is 5.59. The Morgan fingerprint density at radius 3 is 3.06 bits per heavy atom. The van der Waals surface area contributed by atoms with Gasteiger partial charge in [-0.2, -0.15) is 0 Å². The molecule has 18 heavy (non-hydrogen) atoms. The van der Waals surface area contributed by atoms with Gasteiger partial charge in [-0.1, -0.05) is 0 Å². The number of hydrogen-bond donors (Lipinski definition) is 1. The van der Waals surface area contributed by atoms with Crippen LogP contribution in [0.15, 0.2) is 18.3 Å². The normalized spacial score (nSPS) is 19.1. The molecule has 0 bridgehead atoms. The molecule has 1 aliphatic heterocycles. The van der Waals surface area contributed by atoms with E-state index in [1.807, 2.05) is 0 Å². The molecule has 1 unspecified atom stereocenters. The summed E-state index contributed by atoms with van der Waals surface area (Å²) in [5, 5.41) is 8.89. The second kappa shape index (κ2) is 5.03. The molecule has 0 saturated carbocycles. The number of nitrogens with zero attached hydrogens (tertiary/aromatic N) is 2. The van der Waals surface area contributed by atoms with Crippen molar-refractivity contribution in [3.63, 3.8) is 0 Å². The Balaban J connectivity index is 2.05. The maximum Gasteiger partial charge on any atom is 0.308 e. The van der Waals surface area contributed by atoms with Gasteiger partial charge in [0.1, 0.15) is 0 Å². The first-order chi connectivity index (χ1) is 8.60. The van der Waals surface area contributed by atoms with E-state index in [4.69, 9.17) is 9.84 Å². The second-order valence-corrected chi connectivity index (χ2v) is 4.22. The highest BCUT2D eigenvalue weighted by molar-refractivity contribution is 5.86. The summed E-state index contributed by atoms with van der Waals surface area (Å²) in [5.74, 6) is -1.16. The summed E-state index contributed by atoms with van der Waals surface area (Å²) in [6.45, 7) is 0.653. The Kier molecular flexibility index (Phi) is 3.45. The fourth-order valence-corrected chi connectivity index (χ4v) is 1.97. The van der Waals surface area contributed by atoms with Gasteiger partial charge in [0.05, 0.1) is 13.0 Å². The number of amides is 1. The fourth-order valence-electron chi connectivity index (χ4n) is 1.97. The van der Waals surface area contributed by atoms with Crippen molar-refractivity contribution in [1.29, 1.82) is 0 Å². The number of hydrogen-bond acceptors (Lipinski definition) is 4. The Labute approximate surface area is 104 Å². The summed E-state index contributed by atoms with van der Waals surface area (Å²) < 4.78 is 5.00. The number of carbonyl (C=O) groups excluding carboxylic acids is 1. The van der Waals surface area contributed by atoms with Crippen LogP contribution in [-0.2, 0) is 16.1 Å². The van der Waals surface area contributed by atoms with E-state index in [1.165, 1.54) is 7.11 Å². The summed E-state index contributed by atoms with van der Waals surface area (Å²) in [7, 11) is 1.52. The molecular formula is C12H14N2O4. The van der Waals surface area contributed by atoms with Crippen molar-refractivity contribution in [2.75, 3.05) is 13.7 Å². The molecule has 1 aromatic rings. The van der Waals surface area contributed by atoms with Gasteiger partial charge >= 0.3 is 5.97 Å². The van der Waals surface area contributed by atoms with E-state index in [-0.39, 0.29) is 18.9 Å². The second-order valence-electron chi connectivity index (χ2n) is 4.22. The number of aromatic nitrogens is 1. The highest BCUT2D eigenvalue weighted by Gasteiger charge is 2.34. The molecule has 1 saturated heterocycles. The first-order valence-corrected chi connectivity index (χ1v) is 5.59. The van der Waals surface area contributed by atoms with Gasteiger partial charge in [-0.05, 0) is 11.6 Å². The Hall–Kier alpha value is -2.11. The largest absolute Gasteiger partial charge is 0.481 e. The van der Waals surface area contributed by atoms with Crippen LogP contribution in [0.4, 0.5) is 0 Å². The molecular weight excluding hydrogens is 236 g/mol. The summed E-state index contributed by atoms with van der Waals surface area (Å²) in [6, 6.07) is 3.52. The standard InChI is InChI=1S/C12H14N2O4/c1-18-10-4-8(2-3-13-10)6-14-7-9(12(16)17)5-11(14)15/h2-4,9H,5-7H2,1H3,(H,16,17). The van der Waals surface area contributed by atoms with E-state index >= 15 is 0 Å². The molecule has 1 fully saturated rings. The van der Waals surface area contributed by atoms with E-state index in [1.54, 1.807) is 23.2 Å². The van der Waals surface area contributed by atoms with Crippen molar-refractivity contribution in [2.24, 2.45) is 5.92 Å².